The van der Waals surface area contributed by atoms with Gasteiger partial charge >= 0.3 is 0 Å². The van der Waals surface area contributed by atoms with Crippen LogP contribution in [0.2, 0.25) is 0 Å². The molecule has 1 fully saturated rings. The fraction of sp³-hybridized carbons (Fsp3) is 0.100. The van der Waals surface area contributed by atoms with Crippen LogP contribution < -0.4 is 4.90 Å². The third-order valence-electron chi connectivity index (χ3n) is 13.4. The first-order valence-corrected chi connectivity index (χ1v) is 23.0. The molecule has 0 unspecified atom stereocenters. The third-order valence-corrected chi connectivity index (χ3v) is 14.6. The van der Waals surface area contributed by atoms with Crippen molar-refractivity contribution < 1.29 is 0 Å². The van der Waals surface area contributed by atoms with Gasteiger partial charge in [-0.2, -0.15) is 0 Å². The highest BCUT2D eigenvalue weighted by atomic mass is 32.1. The molecule has 0 atom stereocenters. The minimum Gasteiger partial charge on any atom is -0.310 e. The van der Waals surface area contributed by atoms with Crippen molar-refractivity contribution in [3.63, 3.8) is 0 Å². The Hall–Kier alpha value is -7.00. The van der Waals surface area contributed by atoms with E-state index in [9.17, 15) is 0 Å². The summed E-state index contributed by atoms with van der Waals surface area (Å²) in [6.07, 6.45) is 6.48. The first-order valence-electron chi connectivity index (χ1n) is 22.2. The van der Waals surface area contributed by atoms with Crippen molar-refractivity contribution in [3.8, 4) is 33.4 Å². The molecule has 12 rings (SSSR count). The van der Waals surface area contributed by atoms with E-state index < -0.39 is 0 Å². The summed E-state index contributed by atoms with van der Waals surface area (Å²) in [5.74, 6) is 0.582. The molecule has 296 valence electrons. The number of hydrogen-bond donors (Lipinski definition) is 0. The smallest absolute Gasteiger partial charge is 0.0540 e. The number of fused-ring (bicyclic) bond motifs is 7. The van der Waals surface area contributed by atoms with Crippen molar-refractivity contribution in [1.82, 2.24) is 0 Å². The third kappa shape index (κ3) is 6.29. The summed E-state index contributed by atoms with van der Waals surface area (Å²) in [4.78, 5) is 2.51. The fourth-order valence-corrected chi connectivity index (χ4v) is 11.7. The second-order valence-electron chi connectivity index (χ2n) is 17.0. The van der Waals surface area contributed by atoms with E-state index in [1.165, 1.54) is 124 Å². The quantitative estimate of drug-likeness (QED) is 0.145. The summed E-state index contributed by atoms with van der Waals surface area (Å²) in [5.41, 5.74) is 12.3. The summed E-state index contributed by atoms with van der Waals surface area (Å²) in [7, 11) is 0. The van der Waals surface area contributed by atoms with Gasteiger partial charge in [-0.05, 0) is 127 Å². The van der Waals surface area contributed by atoms with E-state index in [0.29, 0.717) is 5.92 Å². The summed E-state index contributed by atoms with van der Waals surface area (Å²) in [6.45, 7) is 0. The van der Waals surface area contributed by atoms with Crippen LogP contribution in [-0.2, 0) is 0 Å². The zero-order chi connectivity index (χ0) is 41.0. The molecule has 0 N–H and O–H groups in total. The molecule has 1 aromatic heterocycles. The lowest BCUT2D eigenvalue weighted by atomic mass is 9.80. The summed E-state index contributed by atoms with van der Waals surface area (Å²) >= 11 is 1.88. The Kier molecular flexibility index (Phi) is 9.19. The predicted molar refractivity (Wildman–Crippen MR) is 269 cm³/mol. The highest BCUT2D eigenvalue weighted by Gasteiger charge is 2.24. The Morgan fingerprint density at radius 1 is 0.371 bits per heavy atom. The molecule has 62 heavy (non-hydrogen) atoms. The lowest BCUT2D eigenvalue weighted by Crippen LogP contribution is -2.12. The molecule has 11 aromatic rings. The Labute approximate surface area is 367 Å². The fourth-order valence-electron chi connectivity index (χ4n) is 10.6. The molecular formula is C60H45NS. The number of thiophene rings is 1. The van der Waals surface area contributed by atoms with Gasteiger partial charge in [0.1, 0.15) is 0 Å². The maximum atomic E-state index is 2.51. The van der Waals surface area contributed by atoms with E-state index in [0.717, 1.165) is 17.1 Å². The zero-order valence-electron chi connectivity index (χ0n) is 34.6. The van der Waals surface area contributed by atoms with Gasteiger partial charge in [-0.3, -0.25) is 0 Å². The van der Waals surface area contributed by atoms with E-state index >= 15 is 0 Å². The number of benzene rings is 10. The topological polar surface area (TPSA) is 3.24 Å². The van der Waals surface area contributed by atoms with Crippen LogP contribution >= 0.6 is 11.3 Å². The SMILES string of the molecule is c1cc(-c2cccc3c2ccc2ccccc23)cc(N(c2cccc(-c3cccc4sc5ccccc5c34)c2)c2ccccc2-c2cccc3cccc(C4CCCCC4)c23)c1. The zero-order valence-corrected chi connectivity index (χ0v) is 35.4. The van der Waals surface area contributed by atoms with E-state index in [-0.39, 0.29) is 0 Å². The van der Waals surface area contributed by atoms with E-state index in [2.05, 4.69) is 211 Å². The Bertz CT molecular complexity index is 3470. The lowest BCUT2D eigenvalue weighted by molar-refractivity contribution is 0.445. The molecule has 1 aliphatic carbocycles. The number of para-hydroxylation sites is 1. The highest BCUT2D eigenvalue weighted by Crippen LogP contribution is 2.48. The minimum absolute atomic E-state index is 0.582. The van der Waals surface area contributed by atoms with Gasteiger partial charge < -0.3 is 4.90 Å². The minimum atomic E-state index is 0.582. The Balaban J connectivity index is 1.08. The van der Waals surface area contributed by atoms with Crippen molar-refractivity contribution in [2.75, 3.05) is 4.90 Å². The molecule has 1 heterocycles. The standard InChI is InChI=1S/C60H45NS/c1-2-16-40(17-3-1)49-29-12-19-42-20-13-32-54(59(42)49)53-26-6-8-33-56(53)61(46-24-11-22-44(39-46)50-30-15-35-58-60(50)55-27-7-9-34-57(55)62-58)45-23-10-21-43(38-45)48-28-14-31-51-47-25-5-4-18-41(47)36-37-52(48)51/h4-15,18-40H,1-3,16-17H2. The second-order valence-corrected chi connectivity index (χ2v) is 18.1. The normalized spacial score (nSPS) is 13.4. The van der Waals surface area contributed by atoms with Crippen LogP contribution in [0.15, 0.2) is 206 Å². The molecule has 2 heteroatoms. The van der Waals surface area contributed by atoms with Crippen LogP contribution in [0.25, 0.3) is 85.9 Å². The maximum Gasteiger partial charge on any atom is 0.0540 e. The average Bonchev–Trinajstić information content (AvgIpc) is 3.73. The number of anilines is 3. The van der Waals surface area contributed by atoms with Crippen molar-refractivity contribution in [3.05, 3.63) is 212 Å². The molecule has 0 saturated heterocycles. The van der Waals surface area contributed by atoms with Crippen molar-refractivity contribution in [2.24, 2.45) is 0 Å². The summed E-state index contributed by atoms with van der Waals surface area (Å²) < 4.78 is 2.64. The maximum absolute atomic E-state index is 2.51. The van der Waals surface area contributed by atoms with Crippen LogP contribution in [-0.4, -0.2) is 0 Å². The molecule has 0 radical (unpaired) electrons. The van der Waals surface area contributed by atoms with Gasteiger partial charge in [0, 0.05) is 37.1 Å². The Morgan fingerprint density at radius 2 is 0.968 bits per heavy atom. The lowest BCUT2D eigenvalue weighted by Gasteiger charge is -2.30. The van der Waals surface area contributed by atoms with Gasteiger partial charge in [0.15, 0.2) is 0 Å². The molecule has 1 nitrogen and oxygen atoms in total. The molecule has 0 bridgehead atoms. The average molecular weight is 812 g/mol. The number of nitrogens with zero attached hydrogens (tertiary/aromatic N) is 1. The largest absolute Gasteiger partial charge is 0.310 e. The molecule has 0 aliphatic heterocycles. The van der Waals surface area contributed by atoms with Crippen molar-refractivity contribution >= 4 is 80.9 Å². The van der Waals surface area contributed by atoms with Crippen LogP contribution in [0, 0.1) is 0 Å². The van der Waals surface area contributed by atoms with Gasteiger partial charge in [-0.1, -0.05) is 183 Å². The first kappa shape index (κ1) is 36.8. The second kappa shape index (κ2) is 15.5. The van der Waals surface area contributed by atoms with Crippen molar-refractivity contribution in [2.45, 2.75) is 38.0 Å². The van der Waals surface area contributed by atoms with E-state index in [4.69, 9.17) is 0 Å². The number of rotatable bonds is 7. The molecule has 1 aliphatic rings. The van der Waals surface area contributed by atoms with E-state index in [1.54, 1.807) is 0 Å². The van der Waals surface area contributed by atoms with Gasteiger partial charge in [0.25, 0.3) is 0 Å². The molecule has 1 saturated carbocycles. The van der Waals surface area contributed by atoms with Crippen LogP contribution in [0.4, 0.5) is 17.1 Å². The van der Waals surface area contributed by atoms with Crippen molar-refractivity contribution in [1.29, 1.82) is 0 Å². The van der Waals surface area contributed by atoms with Gasteiger partial charge in [0.05, 0.1) is 5.69 Å². The predicted octanol–water partition coefficient (Wildman–Crippen LogP) is 18.0. The molecule has 10 aromatic carbocycles. The molecule has 0 amide bonds. The highest BCUT2D eigenvalue weighted by molar-refractivity contribution is 7.25. The summed E-state index contributed by atoms with van der Waals surface area (Å²) in [5, 5.41) is 10.4. The van der Waals surface area contributed by atoms with Crippen LogP contribution in [0.3, 0.4) is 0 Å². The first-order chi connectivity index (χ1) is 30.8. The summed E-state index contributed by atoms with van der Waals surface area (Å²) in [6, 6.07) is 77.1. The van der Waals surface area contributed by atoms with Gasteiger partial charge in [-0.15, -0.1) is 11.3 Å². The Morgan fingerprint density at radius 3 is 1.82 bits per heavy atom. The van der Waals surface area contributed by atoms with E-state index in [1.807, 2.05) is 11.3 Å². The van der Waals surface area contributed by atoms with Crippen LogP contribution in [0.1, 0.15) is 43.6 Å². The van der Waals surface area contributed by atoms with Gasteiger partial charge in [0.2, 0.25) is 0 Å². The molecule has 0 spiro atoms. The number of hydrogen-bond acceptors (Lipinski definition) is 2. The van der Waals surface area contributed by atoms with Gasteiger partial charge in [-0.25, -0.2) is 0 Å². The van der Waals surface area contributed by atoms with Crippen LogP contribution in [0.5, 0.6) is 0 Å². The molecular weight excluding hydrogens is 767 g/mol. The monoisotopic (exact) mass is 811 g/mol.